The Morgan fingerprint density at radius 2 is 1.88 bits per heavy atom. The molecule has 0 N–H and O–H groups in total. The minimum atomic E-state index is -0.729. The van der Waals surface area contributed by atoms with Crippen molar-refractivity contribution in [3.05, 3.63) is 81.8 Å². The molecule has 0 unspecified atom stereocenters. The monoisotopic (exact) mass is 467 g/mol. The molecule has 178 valence electrons. The number of ether oxygens (including phenoxy) is 1. The molecule has 0 amide bonds. The van der Waals surface area contributed by atoms with E-state index in [-0.39, 0.29) is 22.8 Å². The lowest BCUT2D eigenvalue weighted by Crippen LogP contribution is -2.33. The first kappa shape index (κ1) is 23.6. The maximum Gasteiger partial charge on any atom is 0.264 e. The third-order valence-electron chi connectivity index (χ3n) is 6.02. The lowest BCUT2D eigenvalue weighted by Gasteiger charge is -2.27. The van der Waals surface area contributed by atoms with Crippen molar-refractivity contribution in [2.45, 2.75) is 25.9 Å². The highest BCUT2D eigenvalue weighted by molar-refractivity contribution is 5.82. The molecule has 0 aliphatic carbocycles. The summed E-state index contributed by atoms with van der Waals surface area (Å²) in [5, 5.41) is 4.08. The van der Waals surface area contributed by atoms with Crippen molar-refractivity contribution in [2.75, 3.05) is 27.2 Å². The Morgan fingerprint density at radius 1 is 1.12 bits per heavy atom. The molecule has 1 aliphatic rings. The topological polar surface area (TPSA) is 56.1 Å². The minimum absolute atomic E-state index is 0.0242. The van der Waals surface area contributed by atoms with Gasteiger partial charge in [0.15, 0.2) is 0 Å². The molecular formula is C26H27F2N3O3. The number of aryl methyl sites for hydroxylation is 1. The fourth-order valence-corrected chi connectivity index (χ4v) is 4.10. The van der Waals surface area contributed by atoms with E-state index in [2.05, 4.69) is 17.1 Å². The summed E-state index contributed by atoms with van der Waals surface area (Å²) in [4.78, 5) is 21.3. The number of methoxy groups -OCH3 is 1. The molecule has 0 spiro atoms. The Hall–Kier alpha value is -3.52. The number of aromatic nitrogens is 1. The molecule has 8 heteroatoms. The Morgan fingerprint density at radius 3 is 2.59 bits per heavy atom. The molecule has 0 saturated carbocycles. The summed E-state index contributed by atoms with van der Waals surface area (Å²) in [6, 6.07) is 10.3. The summed E-state index contributed by atoms with van der Waals surface area (Å²) in [7, 11) is 3.58. The maximum absolute atomic E-state index is 14.6. The van der Waals surface area contributed by atoms with Gasteiger partial charge in [-0.3, -0.25) is 9.36 Å². The van der Waals surface area contributed by atoms with Gasteiger partial charge in [0.2, 0.25) is 0 Å². The quantitative estimate of drug-likeness (QED) is 0.395. The van der Waals surface area contributed by atoms with Crippen LogP contribution in [0.2, 0.25) is 0 Å². The number of oxime groups is 1. The number of benzene rings is 2. The van der Waals surface area contributed by atoms with Crippen LogP contribution in [0.25, 0.3) is 16.8 Å². The number of hydrogen-bond donors (Lipinski definition) is 0. The van der Waals surface area contributed by atoms with Gasteiger partial charge in [-0.15, -0.1) is 0 Å². The molecule has 1 aliphatic heterocycles. The largest absolute Gasteiger partial charge is 0.495 e. The summed E-state index contributed by atoms with van der Waals surface area (Å²) in [6.45, 7) is 3.69. The Labute approximate surface area is 197 Å². The van der Waals surface area contributed by atoms with Crippen molar-refractivity contribution >= 4 is 6.21 Å². The molecule has 2 aromatic carbocycles. The zero-order chi connectivity index (χ0) is 24.2. The number of rotatable bonds is 6. The zero-order valence-corrected chi connectivity index (χ0v) is 19.4. The fourth-order valence-electron chi connectivity index (χ4n) is 4.10. The maximum atomic E-state index is 14.6. The van der Waals surface area contributed by atoms with Crippen LogP contribution in [0.1, 0.15) is 24.0 Å². The van der Waals surface area contributed by atoms with E-state index in [4.69, 9.17) is 9.57 Å². The second-order valence-electron chi connectivity index (χ2n) is 8.45. The second kappa shape index (κ2) is 10.2. The van der Waals surface area contributed by atoms with Crippen LogP contribution in [-0.4, -0.2) is 49.0 Å². The summed E-state index contributed by atoms with van der Waals surface area (Å²) < 4.78 is 35.0. The van der Waals surface area contributed by atoms with Gasteiger partial charge in [0.25, 0.3) is 5.56 Å². The van der Waals surface area contributed by atoms with Gasteiger partial charge in [-0.25, -0.2) is 8.78 Å². The van der Waals surface area contributed by atoms with Crippen molar-refractivity contribution in [2.24, 2.45) is 5.16 Å². The van der Waals surface area contributed by atoms with Crippen LogP contribution in [0.4, 0.5) is 8.78 Å². The molecule has 2 heterocycles. The Bertz CT molecular complexity index is 1260. The summed E-state index contributed by atoms with van der Waals surface area (Å²) in [6.07, 6.45) is 4.55. The zero-order valence-electron chi connectivity index (χ0n) is 19.4. The highest BCUT2D eigenvalue weighted by Gasteiger charge is 2.19. The molecule has 0 atom stereocenters. The van der Waals surface area contributed by atoms with Crippen LogP contribution in [0.15, 0.2) is 58.6 Å². The van der Waals surface area contributed by atoms with Crippen LogP contribution in [-0.2, 0) is 4.84 Å². The van der Waals surface area contributed by atoms with Gasteiger partial charge < -0.3 is 14.5 Å². The van der Waals surface area contributed by atoms with Crippen LogP contribution >= 0.6 is 0 Å². The lowest BCUT2D eigenvalue weighted by molar-refractivity contribution is 0.0170. The van der Waals surface area contributed by atoms with E-state index in [9.17, 15) is 13.6 Å². The molecule has 3 aromatic rings. The summed E-state index contributed by atoms with van der Waals surface area (Å²) >= 11 is 0. The first-order chi connectivity index (χ1) is 16.4. The third-order valence-corrected chi connectivity index (χ3v) is 6.02. The molecule has 0 bridgehead atoms. The van der Waals surface area contributed by atoms with E-state index in [1.807, 2.05) is 19.1 Å². The third kappa shape index (κ3) is 5.02. The van der Waals surface area contributed by atoms with E-state index in [0.29, 0.717) is 17.0 Å². The van der Waals surface area contributed by atoms with Crippen LogP contribution < -0.4 is 10.3 Å². The molecule has 1 aromatic heterocycles. The van der Waals surface area contributed by atoms with Crippen molar-refractivity contribution in [1.82, 2.24) is 9.47 Å². The number of piperidine rings is 1. The number of hydrogen-bond acceptors (Lipinski definition) is 5. The second-order valence-corrected chi connectivity index (χ2v) is 8.45. The van der Waals surface area contributed by atoms with Gasteiger partial charge in [0, 0.05) is 36.5 Å². The first-order valence-corrected chi connectivity index (χ1v) is 11.1. The van der Waals surface area contributed by atoms with Gasteiger partial charge in [-0.2, -0.15) is 0 Å². The SMILES string of the molecule is COc1cccc(C)c1-n1cc(-c2ccc(F)cc2F)cc(/C=N/OC2CCN(C)CC2)c1=O. The predicted octanol–water partition coefficient (Wildman–Crippen LogP) is 4.54. The van der Waals surface area contributed by atoms with E-state index in [0.717, 1.165) is 37.6 Å². The molecule has 1 saturated heterocycles. The van der Waals surface area contributed by atoms with E-state index in [1.54, 1.807) is 6.07 Å². The molecule has 6 nitrogen and oxygen atoms in total. The van der Waals surface area contributed by atoms with Crippen molar-refractivity contribution in [3.63, 3.8) is 0 Å². The van der Waals surface area contributed by atoms with Crippen molar-refractivity contribution < 1.29 is 18.4 Å². The highest BCUT2D eigenvalue weighted by atomic mass is 19.1. The molecule has 0 radical (unpaired) electrons. The van der Waals surface area contributed by atoms with Gasteiger partial charge in [-0.05, 0) is 56.6 Å². The Balaban J connectivity index is 1.80. The van der Waals surface area contributed by atoms with Crippen molar-refractivity contribution in [3.8, 4) is 22.6 Å². The summed E-state index contributed by atoms with van der Waals surface area (Å²) in [5.74, 6) is -0.917. The fraction of sp³-hybridized carbons (Fsp3) is 0.308. The molecule has 34 heavy (non-hydrogen) atoms. The predicted molar refractivity (Wildman–Crippen MR) is 128 cm³/mol. The average molecular weight is 468 g/mol. The molecular weight excluding hydrogens is 440 g/mol. The van der Waals surface area contributed by atoms with E-state index >= 15 is 0 Å². The van der Waals surface area contributed by atoms with Gasteiger partial charge in [0.05, 0.1) is 24.6 Å². The molecule has 4 rings (SSSR count). The normalized spacial score (nSPS) is 15.1. The van der Waals surface area contributed by atoms with Crippen LogP contribution in [0.5, 0.6) is 5.75 Å². The standard InChI is InChI=1S/C26H27F2N3O3/c1-17-5-4-6-24(33-3)25(17)31-16-19(22-8-7-20(27)14-23(22)28)13-18(26(31)32)15-29-34-21-9-11-30(2)12-10-21/h4-8,13-16,21H,9-12H2,1-3H3/b29-15+. The number of para-hydroxylation sites is 1. The number of halogens is 2. The molecule has 1 fully saturated rings. The van der Waals surface area contributed by atoms with Gasteiger partial charge >= 0.3 is 0 Å². The Kier molecular flexibility index (Phi) is 7.07. The van der Waals surface area contributed by atoms with Crippen LogP contribution in [0, 0.1) is 18.6 Å². The van der Waals surface area contributed by atoms with Crippen molar-refractivity contribution in [1.29, 1.82) is 0 Å². The van der Waals surface area contributed by atoms with E-state index in [1.165, 1.54) is 42.3 Å². The van der Waals surface area contributed by atoms with E-state index < -0.39 is 11.6 Å². The smallest absolute Gasteiger partial charge is 0.264 e. The van der Waals surface area contributed by atoms with Crippen LogP contribution in [0.3, 0.4) is 0 Å². The first-order valence-electron chi connectivity index (χ1n) is 11.1. The number of likely N-dealkylation sites (tertiary alicyclic amines) is 1. The lowest BCUT2D eigenvalue weighted by atomic mass is 10.0. The summed E-state index contributed by atoms with van der Waals surface area (Å²) in [5.41, 5.74) is 1.72. The highest BCUT2D eigenvalue weighted by Crippen LogP contribution is 2.29. The van der Waals surface area contributed by atoms with Gasteiger partial charge in [0.1, 0.15) is 23.5 Å². The minimum Gasteiger partial charge on any atom is -0.495 e. The average Bonchev–Trinajstić information content (AvgIpc) is 2.81. The number of pyridine rings is 1. The van der Waals surface area contributed by atoms with Gasteiger partial charge in [-0.1, -0.05) is 17.3 Å². The number of nitrogens with zero attached hydrogens (tertiary/aromatic N) is 3.